The van der Waals surface area contributed by atoms with Crippen LogP contribution in [0, 0.1) is 0 Å². The molecule has 0 saturated heterocycles. The second kappa shape index (κ2) is 11.8. The molecule has 1 saturated carbocycles. The maximum absolute atomic E-state index is 12.6. The molecule has 1 N–H and O–H groups in total. The van der Waals surface area contributed by atoms with Gasteiger partial charge in [-0.05, 0) is 91.6 Å². The SMILES string of the molecule is O=C(NCCc1ccc(Cl)cc1Cl)c1ccc(Oc2c(Cl)cc3c(c2C2CC2)OCCC3)cc1.[H-].[Na+]. The first kappa shape index (κ1) is 26.7. The normalized spacial score (nSPS) is 14.4. The predicted molar refractivity (Wildman–Crippen MR) is 137 cm³/mol. The molecule has 1 aliphatic heterocycles. The molecule has 1 heterocycles. The molecule has 0 atom stereocenters. The Morgan fingerprint density at radius 2 is 1.83 bits per heavy atom. The molecule has 0 bridgehead atoms. The van der Waals surface area contributed by atoms with Crippen molar-refractivity contribution in [3.63, 3.8) is 0 Å². The first-order chi connectivity index (χ1) is 16.5. The van der Waals surface area contributed by atoms with Gasteiger partial charge in [-0.2, -0.15) is 0 Å². The zero-order chi connectivity index (χ0) is 23.7. The first-order valence-electron chi connectivity index (χ1n) is 11.5. The van der Waals surface area contributed by atoms with Gasteiger partial charge in [0.2, 0.25) is 0 Å². The summed E-state index contributed by atoms with van der Waals surface area (Å²) in [4.78, 5) is 12.6. The minimum atomic E-state index is -0.157. The quantitative estimate of drug-likeness (QED) is 0.441. The van der Waals surface area contributed by atoms with Gasteiger partial charge in [0.25, 0.3) is 5.91 Å². The van der Waals surface area contributed by atoms with Crippen LogP contribution in [0.15, 0.2) is 48.5 Å². The van der Waals surface area contributed by atoms with E-state index >= 15 is 0 Å². The summed E-state index contributed by atoms with van der Waals surface area (Å²) >= 11 is 18.8. The summed E-state index contributed by atoms with van der Waals surface area (Å²) in [5, 5.41) is 4.72. The van der Waals surface area contributed by atoms with E-state index in [-0.39, 0.29) is 36.9 Å². The Morgan fingerprint density at radius 1 is 1.06 bits per heavy atom. The van der Waals surface area contributed by atoms with Crippen LogP contribution in [-0.4, -0.2) is 19.1 Å². The van der Waals surface area contributed by atoms with E-state index in [0.717, 1.165) is 54.7 Å². The van der Waals surface area contributed by atoms with Crippen molar-refractivity contribution >= 4 is 40.7 Å². The van der Waals surface area contributed by atoms with Crippen LogP contribution in [-0.2, 0) is 12.8 Å². The smallest absolute Gasteiger partial charge is 1.00 e. The fourth-order valence-corrected chi connectivity index (χ4v) is 5.03. The van der Waals surface area contributed by atoms with Gasteiger partial charge in [-0.3, -0.25) is 4.79 Å². The topological polar surface area (TPSA) is 47.6 Å². The average molecular weight is 541 g/mol. The third-order valence-corrected chi connectivity index (χ3v) is 7.02. The van der Waals surface area contributed by atoms with Crippen LogP contribution in [0.5, 0.6) is 17.2 Å². The van der Waals surface area contributed by atoms with E-state index < -0.39 is 0 Å². The molecule has 8 heteroatoms. The third-order valence-electron chi connectivity index (χ3n) is 6.15. The number of ether oxygens (including phenoxy) is 2. The fraction of sp³-hybridized carbons (Fsp3) is 0.296. The molecule has 3 aromatic carbocycles. The molecule has 2 aliphatic rings. The van der Waals surface area contributed by atoms with Crippen molar-refractivity contribution in [1.29, 1.82) is 0 Å². The molecule has 0 unspecified atom stereocenters. The van der Waals surface area contributed by atoms with Crippen LogP contribution in [0.2, 0.25) is 15.1 Å². The number of halogens is 3. The standard InChI is InChI=1S/C27H24Cl3NO3.Na.H/c28-20-8-5-16(22(29)15-20)11-12-31-27(32)18-6-9-21(10-7-18)34-26-23(30)14-19-2-1-13-33-25(19)24(26)17-3-4-17;;/h5-10,14-15,17H,1-4,11-13H2,(H,31,32);;/q;+1;-1. The van der Waals surface area contributed by atoms with Crippen LogP contribution >= 0.6 is 34.8 Å². The van der Waals surface area contributed by atoms with Crippen molar-refractivity contribution in [2.75, 3.05) is 13.2 Å². The molecule has 35 heavy (non-hydrogen) atoms. The van der Waals surface area contributed by atoms with Gasteiger partial charge in [-0.15, -0.1) is 0 Å². The number of benzene rings is 3. The van der Waals surface area contributed by atoms with Gasteiger partial charge >= 0.3 is 29.6 Å². The second-order valence-corrected chi connectivity index (χ2v) is 9.93. The maximum Gasteiger partial charge on any atom is 1.00 e. The van der Waals surface area contributed by atoms with Crippen LogP contribution in [0.25, 0.3) is 0 Å². The number of rotatable bonds is 7. The molecule has 3 aromatic rings. The van der Waals surface area contributed by atoms with Crippen molar-refractivity contribution in [3.05, 3.63) is 85.9 Å². The van der Waals surface area contributed by atoms with Crippen LogP contribution in [0.1, 0.15) is 53.7 Å². The van der Waals surface area contributed by atoms with Crippen molar-refractivity contribution in [2.24, 2.45) is 0 Å². The monoisotopic (exact) mass is 539 g/mol. The van der Waals surface area contributed by atoms with E-state index in [4.69, 9.17) is 44.3 Å². The molecule has 4 nitrogen and oxygen atoms in total. The Balaban J connectivity index is 0.00000180. The Labute approximate surface area is 244 Å². The number of fused-ring (bicyclic) bond motifs is 1. The van der Waals surface area contributed by atoms with Crippen molar-refractivity contribution in [2.45, 2.75) is 38.0 Å². The second-order valence-electron chi connectivity index (χ2n) is 8.68. The molecule has 5 rings (SSSR count). The van der Waals surface area contributed by atoms with Gasteiger partial charge in [0.05, 0.1) is 11.6 Å². The maximum atomic E-state index is 12.6. The van der Waals surface area contributed by atoms with Gasteiger partial charge in [0, 0.05) is 27.7 Å². The molecule has 1 amide bonds. The fourth-order valence-electron chi connectivity index (χ4n) is 4.26. The largest absolute Gasteiger partial charge is 1.00 e. The van der Waals surface area contributed by atoms with E-state index in [9.17, 15) is 4.79 Å². The molecular formula is C27H25Cl3NNaO3. The minimum Gasteiger partial charge on any atom is -1.00 e. The minimum absolute atomic E-state index is 0. The van der Waals surface area contributed by atoms with E-state index in [1.54, 1.807) is 36.4 Å². The molecule has 0 aromatic heterocycles. The van der Waals surface area contributed by atoms with E-state index in [1.807, 2.05) is 12.1 Å². The molecule has 1 fully saturated rings. The molecule has 0 radical (unpaired) electrons. The van der Waals surface area contributed by atoms with Gasteiger partial charge in [-0.1, -0.05) is 40.9 Å². The Bertz CT molecular complexity index is 1240. The Kier molecular flexibility index (Phi) is 8.96. The number of hydrogen-bond donors (Lipinski definition) is 1. The number of nitrogens with one attached hydrogen (secondary N) is 1. The van der Waals surface area contributed by atoms with Gasteiger partial charge < -0.3 is 16.2 Å². The summed E-state index contributed by atoms with van der Waals surface area (Å²) in [6.45, 7) is 1.19. The predicted octanol–water partition coefficient (Wildman–Crippen LogP) is 4.73. The Morgan fingerprint density at radius 3 is 2.54 bits per heavy atom. The van der Waals surface area contributed by atoms with E-state index in [2.05, 4.69) is 5.32 Å². The van der Waals surface area contributed by atoms with Gasteiger partial charge in [-0.25, -0.2) is 0 Å². The zero-order valence-corrected chi connectivity index (χ0v) is 23.8. The van der Waals surface area contributed by atoms with E-state index in [0.29, 0.717) is 51.0 Å². The van der Waals surface area contributed by atoms with Crippen molar-refractivity contribution in [3.8, 4) is 17.2 Å². The summed E-state index contributed by atoms with van der Waals surface area (Å²) in [6, 6.07) is 14.4. The van der Waals surface area contributed by atoms with Crippen LogP contribution < -0.4 is 44.3 Å². The van der Waals surface area contributed by atoms with Crippen molar-refractivity contribution in [1.82, 2.24) is 5.32 Å². The number of hydrogen-bond acceptors (Lipinski definition) is 3. The number of carbonyl (C=O) groups is 1. The Hall–Kier alpha value is -1.40. The van der Waals surface area contributed by atoms with Gasteiger partial charge in [0.1, 0.15) is 11.5 Å². The molecule has 178 valence electrons. The number of amides is 1. The summed E-state index contributed by atoms with van der Waals surface area (Å²) in [5.74, 6) is 2.52. The van der Waals surface area contributed by atoms with E-state index in [1.165, 1.54) is 0 Å². The van der Waals surface area contributed by atoms with Gasteiger partial charge in [0.15, 0.2) is 5.75 Å². The summed E-state index contributed by atoms with van der Waals surface area (Å²) < 4.78 is 12.3. The number of carbonyl (C=O) groups excluding carboxylic acids is 1. The first-order valence-corrected chi connectivity index (χ1v) is 12.6. The zero-order valence-electron chi connectivity index (χ0n) is 20.5. The number of aryl methyl sites for hydroxylation is 1. The summed E-state index contributed by atoms with van der Waals surface area (Å²) in [7, 11) is 0. The summed E-state index contributed by atoms with van der Waals surface area (Å²) in [6.07, 6.45) is 4.83. The van der Waals surface area contributed by atoms with Crippen LogP contribution in [0.4, 0.5) is 0 Å². The molecule has 0 spiro atoms. The average Bonchev–Trinajstić information content (AvgIpc) is 3.66. The van der Waals surface area contributed by atoms with Crippen molar-refractivity contribution < 1.29 is 45.3 Å². The molecule has 1 aliphatic carbocycles. The third kappa shape index (κ3) is 6.30. The summed E-state index contributed by atoms with van der Waals surface area (Å²) in [5.41, 5.74) is 3.74. The van der Waals surface area contributed by atoms with Crippen LogP contribution in [0.3, 0.4) is 0 Å². The molecular weight excluding hydrogens is 516 g/mol.